The van der Waals surface area contributed by atoms with Crippen LogP contribution in [0.1, 0.15) is 112 Å². The van der Waals surface area contributed by atoms with Crippen LogP contribution in [0, 0.1) is 64.1 Å². The quantitative estimate of drug-likeness (QED) is 0.123. The van der Waals surface area contributed by atoms with Crippen LogP contribution in [-0.4, -0.2) is 57.3 Å². The van der Waals surface area contributed by atoms with Crippen molar-refractivity contribution in [3.8, 4) is 0 Å². The molecule has 0 radical (unpaired) electrons. The second-order valence-electron chi connectivity index (χ2n) is 16.4. The van der Waals surface area contributed by atoms with E-state index in [1.807, 2.05) is 0 Å². The van der Waals surface area contributed by atoms with E-state index in [1.165, 1.54) is 44.9 Å². The van der Waals surface area contributed by atoms with Gasteiger partial charge in [0, 0.05) is 0 Å². The highest BCUT2D eigenvalue weighted by Crippen LogP contribution is 2.65. The average molecular weight is 619 g/mol. The molecule has 0 heterocycles. The van der Waals surface area contributed by atoms with Crippen LogP contribution in [0.15, 0.2) is 12.7 Å². The van der Waals surface area contributed by atoms with E-state index < -0.39 is 0 Å². The van der Waals surface area contributed by atoms with Gasteiger partial charge in [-0.15, -0.1) is 6.58 Å². The fourth-order valence-corrected chi connectivity index (χ4v) is 9.75. The highest BCUT2D eigenvalue weighted by Gasteiger charge is 2.57. The standard InChI is InChI=1S/C26H44.C9H24N4.C3H10N2/c1-8-18(11-20-13-22-15-24(17(20)3)26(22,6)7)9-10-19-12-21-14-23(16(19)2)25(21,4)5;10-4-1-7-13(8-2-5-11)9-3-6-12;4-2-1-3-5/h8,16-24H,1,9-15H2,2-7H3;1-12H2;1-5H2. The number of hydrogen-bond donors (Lipinski definition) is 5. The molecule has 0 aromatic heterocycles. The van der Waals surface area contributed by atoms with Crippen LogP contribution in [0.3, 0.4) is 0 Å². The Balaban J connectivity index is 0.000000315. The molecule has 0 aliphatic heterocycles. The lowest BCUT2D eigenvalue weighted by Gasteiger charge is -2.63. The van der Waals surface area contributed by atoms with Crippen LogP contribution in [0.5, 0.6) is 0 Å². The first-order valence-electron chi connectivity index (χ1n) is 18.8. The molecule has 4 bridgehead atoms. The van der Waals surface area contributed by atoms with Crippen molar-refractivity contribution in [2.45, 2.75) is 112 Å². The summed E-state index contributed by atoms with van der Waals surface area (Å²) >= 11 is 0. The third-order valence-electron chi connectivity index (χ3n) is 13.3. The van der Waals surface area contributed by atoms with Crippen LogP contribution in [-0.2, 0) is 0 Å². The van der Waals surface area contributed by atoms with Gasteiger partial charge in [0.25, 0.3) is 0 Å². The fraction of sp³-hybridized carbons (Fsp3) is 0.947. The summed E-state index contributed by atoms with van der Waals surface area (Å²) in [6.45, 7) is 26.5. The molecule has 0 spiro atoms. The van der Waals surface area contributed by atoms with Crippen molar-refractivity contribution in [3.05, 3.63) is 12.7 Å². The van der Waals surface area contributed by atoms with Gasteiger partial charge in [-0.1, -0.05) is 47.6 Å². The van der Waals surface area contributed by atoms with Crippen molar-refractivity contribution in [1.82, 2.24) is 4.90 Å². The number of nitrogens with zero attached hydrogens (tertiary/aromatic N) is 1. The maximum atomic E-state index is 5.46. The van der Waals surface area contributed by atoms with Crippen molar-refractivity contribution in [3.63, 3.8) is 0 Å². The zero-order chi connectivity index (χ0) is 32.9. The zero-order valence-electron chi connectivity index (χ0n) is 30.2. The van der Waals surface area contributed by atoms with Gasteiger partial charge in [0.1, 0.15) is 0 Å². The van der Waals surface area contributed by atoms with Gasteiger partial charge in [0.15, 0.2) is 0 Å². The second-order valence-corrected chi connectivity index (χ2v) is 16.4. The summed E-state index contributed by atoms with van der Waals surface area (Å²) in [6.07, 6.45) is 16.8. The lowest BCUT2D eigenvalue weighted by molar-refractivity contribution is -0.134. The highest BCUT2D eigenvalue weighted by atomic mass is 15.1. The number of fused-ring (bicyclic) bond motifs is 4. The Hall–Kier alpha value is -0.500. The summed E-state index contributed by atoms with van der Waals surface area (Å²) in [5.41, 5.74) is 27.8. The molecule has 10 N–H and O–H groups in total. The Morgan fingerprint density at radius 2 is 1.07 bits per heavy atom. The Morgan fingerprint density at radius 3 is 1.39 bits per heavy atom. The molecule has 0 amide bonds. The van der Waals surface area contributed by atoms with Crippen LogP contribution in [0.2, 0.25) is 0 Å². The molecule has 0 aromatic rings. The maximum absolute atomic E-state index is 5.46. The fourth-order valence-electron chi connectivity index (χ4n) is 9.75. The van der Waals surface area contributed by atoms with Crippen molar-refractivity contribution in [1.29, 1.82) is 0 Å². The first-order chi connectivity index (χ1) is 20.9. The van der Waals surface area contributed by atoms with E-state index in [2.05, 4.69) is 59.1 Å². The summed E-state index contributed by atoms with van der Waals surface area (Å²) in [5, 5.41) is 0. The molecular weight excluding hydrogens is 540 g/mol. The predicted octanol–water partition coefficient (Wildman–Crippen LogP) is 6.22. The summed E-state index contributed by atoms with van der Waals surface area (Å²) in [5.74, 6) is 8.61. The molecule has 6 aliphatic carbocycles. The SMILES string of the molecule is C=CC(CCC1CC2CC(C1C)C2(C)C)CC1CC2CC(C1C)C2(C)C.NCCCN.NCCCN(CCCN)CCCN. The van der Waals surface area contributed by atoms with Gasteiger partial charge in [0.2, 0.25) is 0 Å². The minimum absolute atomic E-state index is 0.630. The van der Waals surface area contributed by atoms with E-state index in [0.29, 0.717) is 10.8 Å². The summed E-state index contributed by atoms with van der Waals surface area (Å²) < 4.78 is 0. The molecule has 44 heavy (non-hydrogen) atoms. The molecule has 6 fully saturated rings. The van der Waals surface area contributed by atoms with E-state index in [9.17, 15) is 0 Å². The Kier molecular flexibility index (Phi) is 17.5. The Labute approximate surface area is 274 Å². The van der Waals surface area contributed by atoms with Gasteiger partial charge in [0.05, 0.1) is 0 Å². The first kappa shape index (κ1) is 39.7. The van der Waals surface area contributed by atoms with Crippen LogP contribution in [0.25, 0.3) is 0 Å². The minimum Gasteiger partial charge on any atom is -0.330 e. The monoisotopic (exact) mass is 619 g/mol. The smallest absolute Gasteiger partial charge is 0.000670 e. The summed E-state index contributed by atoms with van der Waals surface area (Å²) in [7, 11) is 0. The Morgan fingerprint density at radius 1 is 0.659 bits per heavy atom. The van der Waals surface area contributed by atoms with Gasteiger partial charge in [-0.05, 0) is 187 Å². The number of allylic oxidation sites excluding steroid dienone is 1. The molecule has 6 rings (SSSR count). The zero-order valence-corrected chi connectivity index (χ0v) is 30.2. The molecular formula is C38H78N6. The molecule has 6 aliphatic rings. The van der Waals surface area contributed by atoms with Crippen LogP contribution in [0.4, 0.5) is 0 Å². The average Bonchev–Trinajstić information content (AvgIpc) is 3.00. The third-order valence-corrected chi connectivity index (χ3v) is 13.3. The maximum Gasteiger partial charge on any atom is -0.000670 e. The van der Waals surface area contributed by atoms with Crippen LogP contribution < -0.4 is 28.7 Å². The third kappa shape index (κ3) is 10.5. The molecule has 6 nitrogen and oxygen atoms in total. The minimum atomic E-state index is 0.630. The molecule has 6 heteroatoms. The molecule has 0 aromatic carbocycles. The van der Waals surface area contributed by atoms with Crippen molar-refractivity contribution < 1.29 is 0 Å². The summed E-state index contributed by atoms with van der Waals surface area (Å²) in [6, 6.07) is 0. The molecule has 6 saturated carbocycles. The van der Waals surface area contributed by atoms with Gasteiger partial charge in [-0.25, -0.2) is 0 Å². The van der Waals surface area contributed by atoms with Crippen LogP contribution >= 0.6 is 0 Å². The van der Waals surface area contributed by atoms with E-state index in [0.717, 1.165) is 131 Å². The summed E-state index contributed by atoms with van der Waals surface area (Å²) in [4.78, 5) is 2.40. The number of nitrogens with two attached hydrogens (primary N) is 5. The van der Waals surface area contributed by atoms with Gasteiger partial charge < -0.3 is 33.6 Å². The largest absolute Gasteiger partial charge is 0.330 e. The number of hydrogen-bond acceptors (Lipinski definition) is 6. The molecule has 9 atom stereocenters. The lowest BCUT2D eigenvalue weighted by Crippen LogP contribution is -2.55. The predicted molar refractivity (Wildman–Crippen MR) is 193 cm³/mol. The normalized spacial score (nSPS) is 33.1. The second kappa shape index (κ2) is 19.4. The van der Waals surface area contributed by atoms with Crippen molar-refractivity contribution in [2.24, 2.45) is 92.8 Å². The molecule has 0 saturated heterocycles. The van der Waals surface area contributed by atoms with Gasteiger partial charge in [-0.3, -0.25) is 0 Å². The Bertz CT molecular complexity index is 762. The highest BCUT2D eigenvalue weighted by molar-refractivity contribution is 5.06. The van der Waals surface area contributed by atoms with E-state index in [-0.39, 0.29) is 0 Å². The van der Waals surface area contributed by atoms with Gasteiger partial charge >= 0.3 is 0 Å². The van der Waals surface area contributed by atoms with E-state index in [4.69, 9.17) is 28.7 Å². The van der Waals surface area contributed by atoms with E-state index >= 15 is 0 Å². The van der Waals surface area contributed by atoms with Gasteiger partial charge in [-0.2, -0.15) is 0 Å². The van der Waals surface area contributed by atoms with Crippen molar-refractivity contribution in [2.75, 3.05) is 52.4 Å². The molecule has 9 unspecified atom stereocenters. The van der Waals surface area contributed by atoms with E-state index in [1.54, 1.807) is 0 Å². The first-order valence-corrected chi connectivity index (χ1v) is 18.8. The van der Waals surface area contributed by atoms with Crippen molar-refractivity contribution >= 4 is 0 Å². The molecule has 260 valence electrons. The number of rotatable bonds is 17. The topological polar surface area (TPSA) is 133 Å². The lowest BCUT2D eigenvalue weighted by atomic mass is 9.42.